The molecule has 0 fully saturated rings. The van der Waals surface area contributed by atoms with Gasteiger partial charge < -0.3 is 0 Å². The van der Waals surface area contributed by atoms with Gasteiger partial charge in [0.2, 0.25) is 0 Å². The molecular weight excluding hydrogens is 163 g/mol. The Morgan fingerprint density at radius 1 is 1.54 bits per heavy atom. The lowest BCUT2D eigenvalue weighted by atomic mass is 10.0. The second-order valence-corrected chi connectivity index (χ2v) is 3.01. The Bertz CT molecular complexity index is 350. The highest BCUT2D eigenvalue weighted by Crippen LogP contribution is 2.29. The lowest BCUT2D eigenvalue weighted by Crippen LogP contribution is -1.88. The van der Waals surface area contributed by atoms with Gasteiger partial charge in [-0.2, -0.15) is 0 Å². The summed E-state index contributed by atoms with van der Waals surface area (Å²) in [6.45, 7) is -0.396. The Labute approximate surface area is 77.4 Å². The molecule has 0 aliphatic heterocycles. The highest BCUT2D eigenvalue weighted by atomic mass is 19.1. The van der Waals surface area contributed by atoms with Gasteiger partial charge in [0.15, 0.2) is 0 Å². The first-order valence-electron chi connectivity index (χ1n) is 4.33. The van der Waals surface area contributed by atoms with Crippen LogP contribution in [0.2, 0.25) is 0 Å². The van der Waals surface area contributed by atoms with Gasteiger partial charge in [-0.05, 0) is 17.2 Å². The number of rotatable bonds is 2. The molecule has 1 aromatic carbocycles. The van der Waals surface area contributed by atoms with Crippen LogP contribution in [0.5, 0.6) is 0 Å². The number of alkyl halides is 1. The van der Waals surface area contributed by atoms with Gasteiger partial charge in [0.05, 0.1) is 0 Å². The van der Waals surface area contributed by atoms with Gasteiger partial charge in [-0.15, -0.1) is 0 Å². The predicted octanol–water partition coefficient (Wildman–Crippen LogP) is 3.12. The minimum atomic E-state index is -0.396. The molecule has 1 aliphatic carbocycles. The molecule has 1 heteroatoms. The monoisotopic (exact) mass is 173 g/mol. The number of benzene rings is 1. The van der Waals surface area contributed by atoms with E-state index in [1.54, 1.807) is 6.08 Å². The van der Waals surface area contributed by atoms with E-state index in [0.717, 1.165) is 5.56 Å². The maximum atomic E-state index is 11.9. The molecule has 0 spiro atoms. The van der Waals surface area contributed by atoms with Crippen LogP contribution in [0, 0.1) is 6.07 Å². The molecule has 0 heterocycles. The third-order valence-corrected chi connectivity index (χ3v) is 2.17. The number of hydrogen-bond acceptors (Lipinski definition) is 0. The van der Waals surface area contributed by atoms with Crippen LogP contribution in [0.3, 0.4) is 0 Å². The standard InChI is InChI=1S/C12H10F/c13-9-3-5-11-8-7-10-4-1-2-6-12(10)11/h1-5,7-8,11H,9H2. The van der Waals surface area contributed by atoms with Crippen molar-refractivity contribution in [1.29, 1.82) is 0 Å². The first-order valence-corrected chi connectivity index (χ1v) is 4.33. The Hall–Kier alpha value is -1.37. The van der Waals surface area contributed by atoms with Gasteiger partial charge in [0.1, 0.15) is 6.67 Å². The quantitative estimate of drug-likeness (QED) is 0.603. The number of fused-ring (bicyclic) bond motifs is 1. The van der Waals surface area contributed by atoms with Crippen molar-refractivity contribution < 1.29 is 4.39 Å². The third-order valence-electron chi connectivity index (χ3n) is 2.17. The van der Waals surface area contributed by atoms with E-state index in [2.05, 4.69) is 18.2 Å². The minimum Gasteiger partial charge on any atom is -0.247 e. The van der Waals surface area contributed by atoms with Crippen LogP contribution in [0.1, 0.15) is 17.0 Å². The van der Waals surface area contributed by atoms with Gasteiger partial charge in [-0.1, -0.05) is 42.5 Å². The van der Waals surface area contributed by atoms with E-state index in [0.29, 0.717) is 0 Å². The van der Waals surface area contributed by atoms with Gasteiger partial charge in [0, 0.05) is 5.92 Å². The molecule has 1 aliphatic rings. The summed E-state index contributed by atoms with van der Waals surface area (Å²) in [5, 5.41) is 0. The first-order chi connectivity index (χ1) is 6.42. The summed E-state index contributed by atoms with van der Waals surface area (Å²) in [5.74, 6) is 0.215. The van der Waals surface area contributed by atoms with Crippen LogP contribution in [-0.2, 0) is 0 Å². The second-order valence-electron chi connectivity index (χ2n) is 3.01. The van der Waals surface area contributed by atoms with Crippen molar-refractivity contribution in [2.75, 3.05) is 6.67 Å². The number of hydrogen-bond donors (Lipinski definition) is 0. The normalized spacial score (nSPS) is 19.6. The van der Waals surface area contributed by atoms with Gasteiger partial charge in [0.25, 0.3) is 0 Å². The van der Waals surface area contributed by atoms with Gasteiger partial charge >= 0.3 is 0 Å². The van der Waals surface area contributed by atoms with Gasteiger partial charge in [-0.3, -0.25) is 0 Å². The Balaban J connectivity index is 2.28. The van der Waals surface area contributed by atoms with Crippen molar-refractivity contribution in [3.8, 4) is 0 Å². The van der Waals surface area contributed by atoms with E-state index >= 15 is 0 Å². The highest BCUT2D eigenvalue weighted by Gasteiger charge is 2.13. The maximum Gasteiger partial charge on any atom is 0.108 e. The smallest absolute Gasteiger partial charge is 0.108 e. The van der Waals surface area contributed by atoms with Gasteiger partial charge in [-0.25, -0.2) is 4.39 Å². The zero-order valence-electron chi connectivity index (χ0n) is 7.20. The second kappa shape index (κ2) is 3.56. The molecule has 65 valence electrons. The molecule has 0 nitrogen and oxygen atoms in total. The van der Waals surface area contributed by atoms with Crippen molar-refractivity contribution in [2.45, 2.75) is 5.92 Å². The fourth-order valence-electron chi connectivity index (χ4n) is 1.56. The summed E-state index contributed by atoms with van der Waals surface area (Å²) in [7, 11) is 0. The lowest BCUT2D eigenvalue weighted by molar-refractivity contribution is 0.560. The third kappa shape index (κ3) is 1.55. The summed E-state index contributed by atoms with van der Waals surface area (Å²) in [6, 6.07) is 9.07. The molecule has 1 unspecified atom stereocenters. The van der Waals surface area contributed by atoms with Crippen molar-refractivity contribution in [3.05, 3.63) is 53.6 Å². The molecule has 0 saturated carbocycles. The molecule has 0 N–H and O–H groups in total. The number of halogens is 1. The van der Waals surface area contributed by atoms with Crippen molar-refractivity contribution in [2.24, 2.45) is 0 Å². The minimum absolute atomic E-state index is 0.215. The van der Waals surface area contributed by atoms with E-state index in [1.807, 2.05) is 24.3 Å². The van der Waals surface area contributed by atoms with E-state index in [9.17, 15) is 4.39 Å². The van der Waals surface area contributed by atoms with Crippen LogP contribution < -0.4 is 0 Å². The van der Waals surface area contributed by atoms with Crippen LogP contribution in [-0.4, -0.2) is 6.67 Å². The maximum absolute atomic E-state index is 11.9. The molecular formula is C12H10F. The van der Waals surface area contributed by atoms with E-state index in [1.165, 1.54) is 5.56 Å². The summed E-state index contributed by atoms with van der Waals surface area (Å²) < 4.78 is 11.9. The highest BCUT2D eigenvalue weighted by molar-refractivity contribution is 5.63. The van der Waals surface area contributed by atoms with Crippen molar-refractivity contribution in [1.82, 2.24) is 0 Å². The van der Waals surface area contributed by atoms with Crippen LogP contribution in [0.25, 0.3) is 6.08 Å². The summed E-state index contributed by atoms with van der Waals surface area (Å²) in [6.07, 6.45) is 7.54. The summed E-state index contributed by atoms with van der Waals surface area (Å²) in [4.78, 5) is 0. The largest absolute Gasteiger partial charge is 0.247 e. The Kier molecular flexibility index (Phi) is 2.26. The molecule has 0 bridgehead atoms. The first kappa shape index (κ1) is 8.24. The Morgan fingerprint density at radius 2 is 2.46 bits per heavy atom. The molecule has 1 radical (unpaired) electrons. The fraction of sp³-hybridized carbons (Fsp3) is 0.167. The fourth-order valence-corrected chi connectivity index (χ4v) is 1.56. The summed E-state index contributed by atoms with van der Waals surface area (Å²) in [5.41, 5.74) is 2.34. The van der Waals surface area contributed by atoms with Crippen LogP contribution in [0.15, 0.2) is 36.4 Å². The molecule has 0 amide bonds. The Morgan fingerprint density at radius 3 is 3.31 bits per heavy atom. The average Bonchev–Trinajstić information content (AvgIpc) is 2.58. The van der Waals surface area contributed by atoms with Crippen LogP contribution >= 0.6 is 0 Å². The van der Waals surface area contributed by atoms with E-state index in [4.69, 9.17) is 0 Å². The lowest BCUT2D eigenvalue weighted by Gasteiger charge is -2.03. The zero-order valence-corrected chi connectivity index (χ0v) is 7.20. The molecule has 0 saturated heterocycles. The van der Waals surface area contributed by atoms with E-state index in [-0.39, 0.29) is 5.92 Å². The molecule has 2 rings (SSSR count). The van der Waals surface area contributed by atoms with E-state index < -0.39 is 6.67 Å². The van der Waals surface area contributed by atoms with Crippen molar-refractivity contribution in [3.63, 3.8) is 0 Å². The average molecular weight is 173 g/mol. The topological polar surface area (TPSA) is 0 Å². The molecule has 13 heavy (non-hydrogen) atoms. The number of allylic oxidation sites excluding steroid dienone is 3. The SMILES string of the molecule is FCC=CC1C=Cc2ccc[c]c21. The predicted molar refractivity (Wildman–Crippen MR) is 52.2 cm³/mol. The van der Waals surface area contributed by atoms with Crippen LogP contribution in [0.4, 0.5) is 4.39 Å². The molecule has 1 aromatic rings. The summed E-state index contributed by atoms with van der Waals surface area (Å²) >= 11 is 0. The molecule has 0 aromatic heterocycles. The van der Waals surface area contributed by atoms with Crippen molar-refractivity contribution >= 4 is 6.08 Å². The molecule has 1 atom stereocenters. The zero-order chi connectivity index (χ0) is 9.10.